The van der Waals surface area contributed by atoms with Crippen molar-refractivity contribution in [2.45, 2.75) is 38.1 Å². The lowest BCUT2D eigenvalue weighted by Crippen LogP contribution is -3.18. The maximum absolute atomic E-state index is 11.8. The number of carbonyl (C=O) groups is 1. The van der Waals surface area contributed by atoms with Gasteiger partial charge in [-0.25, -0.2) is 4.79 Å². The van der Waals surface area contributed by atoms with Crippen molar-refractivity contribution in [2.24, 2.45) is 5.92 Å². The van der Waals surface area contributed by atoms with E-state index in [2.05, 4.69) is 0 Å². The van der Waals surface area contributed by atoms with Crippen LogP contribution in [0.15, 0.2) is 30.3 Å². The molecule has 120 valence electrons. The Balaban J connectivity index is 1.41. The summed E-state index contributed by atoms with van der Waals surface area (Å²) < 4.78 is 10.9. The first-order valence-corrected chi connectivity index (χ1v) is 8.51. The van der Waals surface area contributed by atoms with E-state index in [0.717, 1.165) is 6.04 Å². The van der Waals surface area contributed by atoms with Gasteiger partial charge in [0.15, 0.2) is 0 Å². The summed E-state index contributed by atoms with van der Waals surface area (Å²) in [4.78, 5) is 13.5. The van der Waals surface area contributed by atoms with E-state index in [4.69, 9.17) is 9.47 Å². The average molecular weight is 304 g/mol. The molecule has 0 saturated carbocycles. The second-order valence-electron chi connectivity index (χ2n) is 6.47. The number of rotatable bonds is 5. The molecule has 2 fully saturated rings. The second-order valence-corrected chi connectivity index (χ2v) is 6.47. The zero-order chi connectivity index (χ0) is 15.2. The molecule has 1 unspecified atom stereocenters. The molecule has 0 radical (unpaired) electrons. The lowest BCUT2D eigenvalue weighted by Gasteiger charge is -2.41. The number of hydrogen-bond acceptors (Lipinski definition) is 3. The minimum absolute atomic E-state index is 0.0491. The maximum atomic E-state index is 11.8. The second kappa shape index (κ2) is 7.75. The highest BCUT2D eigenvalue weighted by atomic mass is 16.6. The quantitative estimate of drug-likeness (QED) is 0.661. The summed E-state index contributed by atoms with van der Waals surface area (Å²) in [5, 5.41) is 0. The van der Waals surface area contributed by atoms with Gasteiger partial charge >= 0.3 is 5.97 Å². The van der Waals surface area contributed by atoms with Crippen LogP contribution in [0.1, 0.15) is 32.1 Å². The highest BCUT2D eigenvalue weighted by Crippen LogP contribution is 2.20. The fraction of sp³-hybridized carbons (Fsp3) is 0.611. The smallest absolute Gasteiger partial charge is 0.337 e. The van der Waals surface area contributed by atoms with Crippen molar-refractivity contribution >= 4 is 5.97 Å². The molecule has 22 heavy (non-hydrogen) atoms. The minimum Gasteiger partial charge on any atom is -0.425 e. The number of piperidine rings is 2. The largest absolute Gasteiger partial charge is 0.425 e. The summed E-state index contributed by atoms with van der Waals surface area (Å²) in [5.41, 5.74) is 0. The molecule has 2 heterocycles. The Morgan fingerprint density at radius 3 is 2.77 bits per heavy atom. The van der Waals surface area contributed by atoms with Crippen LogP contribution in [0.4, 0.5) is 0 Å². The van der Waals surface area contributed by atoms with E-state index in [-0.39, 0.29) is 12.6 Å². The predicted octanol–water partition coefficient (Wildman–Crippen LogP) is 1.46. The lowest BCUT2D eigenvalue weighted by molar-refractivity contribution is -0.940. The number of para-hydroxylation sites is 1. The first-order valence-electron chi connectivity index (χ1n) is 8.51. The van der Waals surface area contributed by atoms with Gasteiger partial charge in [-0.2, -0.15) is 0 Å². The molecule has 1 aromatic carbocycles. The number of hydrogen-bond donors (Lipinski definition) is 1. The zero-order valence-electron chi connectivity index (χ0n) is 13.1. The Bertz CT molecular complexity index is 474. The number of nitrogens with one attached hydrogen (secondary N) is 1. The first kappa shape index (κ1) is 15.5. The van der Waals surface area contributed by atoms with Crippen LogP contribution >= 0.6 is 0 Å². The van der Waals surface area contributed by atoms with E-state index in [9.17, 15) is 4.79 Å². The standard InChI is InChI=1S/C18H25NO3/c20-18(22-16-8-2-1-3-9-16)14-21-13-15-7-6-12-19-11-5-4-10-17(15)19/h1-3,8-9,15,17H,4-7,10-14H2/p+1/t15-,17-/m1/s1. The van der Waals surface area contributed by atoms with Crippen LogP contribution < -0.4 is 9.64 Å². The van der Waals surface area contributed by atoms with Crippen LogP contribution in [0, 0.1) is 5.92 Å². The number of ether oxygens (including phenoxy) is 2. The summed E-state index contributed by atoms with van der Waals surface area (Å²) in [6.07, 6.45) is 6.55. The maximum Gasteiger partial charge on any atom is 0.337 e. The summed E-state index contributed by atoms with van der Waals surface area (Å²) >= 11 is 0. The molecule has 4 heteroatoms. The third kappa shape index (κ3) is 4.08. The molecule has 0 spiro atoms. The van der Waals surface area contributed by atoms with Crippen LogP contribution in [0.2, 0.25) is 0 Å². The number of benzene rings is 1. The van der Waals surface area contributed by atoms with Gasteiger partial charge in [-0.3, -0.25) is 0 Å². The zero-order valence-corrected chi connectivity index (χ0v) is 13.1. The fourth-order valence-electron chi connectivity index (χ4n) is 3.92. The van der Waals surface area contributed by atoms with Gasteiger partial charge in [-0.05, 0) is 44.2 Å². The topological polar surface area (TPSA) is 40.0 Å². The highest BCUT2D eigenvalue weighted by Gasteiger charge is 2.36. The number of fused-ring (bicyclic) bond motifs is 1. The molecule has 1 aromatic rings. The number of carbonyl (C=O) groups excluding carboxylic acids is 1. The van der Waals surface area contributed by atoms with Gasteiger partial charge in [0.2, 0.25) is 0 Å². The molecular formula is C18H26NO3+. The van der Waals surface area contributed by atoms with Gasteiger partial charge in [0, 0.05) is 5.92 Å². The minimum atomic E-state index is -0.310. The summed E-state index contributed by atoms with van der Waals surface area (Å²) in [5.74, 6) is 0.875. The van der Waals surface area contributed by atoms with Gasteiger partial charge in [-0.15, -0.1) is 0 Å². The van der Waals surface area contributed by atoms with E-state index < -0.39 is 0 Å². The predicted molar refractivity (Wildman–Crippen MR) is 84.0 cm³/mol. The Labute approximate surface area is 132 Å². The Morgan fingerprint density at radius 2 is 1.91 bits per heavy atom. The van der Waals surface area contributed by atoms with E-state index in [1.807, 2.05) is 18.2 Å². The van der Waals surface area contributed by atoms with Gasteiger partial charge in [-0.1, -0.05) is 18.2 Å². The molecule has 0 aromatic heterocycles. The normalized spacial score (nSPS) is 27.9. The SMILES string of the molecule is O=C(COC[C@H]1CCC[NH+]2CCCC[C@H]12)Oc1ccccc1. The average Bonchev–Trinajstić information content (AvgIpc) is 2.56. The Morgan fingerprint density at radius 1 is 1.09 bits per heavy atom. The molecule has 2 saturated heterocycles. The lowest BCUT2D eigenvalue weighted by atomic mass is 9.84. The van der Waals surface area contributed by atoms with Crippen molar-refractivity contribution in [3.8, 4) is 5.75 Å². The summed E-state index contributed by atoms with van der Waals surface area (Å²) in [6, 6.07) is 9.91. The molecule has 0 amide bonds. The summed E-state index contributed by atoms with van der Waals surface area (Å²) in [6.45, 7) is 3.37. The van der Waals surface area contributed by atoms with Crippen molar-refractivity contribution in [1.29, 1.82) is 0 Å². The molecule has 3 atom stereocenters. The highest BCUT2D eigenvalue weighted by molar-refractivity contribution is 5.73. The summed E-state index contributed by atoms with van der Waals surface area (Å²) in [7, 11) is 0. The van der Waals surface area contributed by atoms with Crippen LogP contribution in [0.3, 0.4) is 0 Å². The van der Waals surface area contributed by atoms with Gasteiger partial charge < -0.3 is 14.4 Å². The van der Waals surface area contributed by atoms with Gasteiger partial charge in [0.25, 0.3) is 0 Å². The fourth-order valence-corrected chi connectivity index (χ4v) is 3.92. The van der Waals surface area contributed by atoms with Gasteiger partial charge in [0.1, 0.15) is 12.4 Å². The Hall–Kier alpha value is -1.39. The monoisotopic (exact) mass is 304 g/mol. The van der Waals surface area contributed by atoms with Crippen molar-refractivity contribution in [1.82, 2.24) is 0 Å². The number of quaternary nitrogens is 1. The van der Waals surface area contributed by atoms with E-state index in [0.29, 0.717) is 18.3 Å². The van der Waals surface area contributed by atoms with Crippen LogP contribution in [-0.2, 0) is 9.53 Å². The third-order valence-corrected chi connectivity index (χ3v) is 4.96. The molecule has 4 nitrogen and oxygen atoms in total. The van der Waals surface area contributed by atoms with E-state index in [1.54, 1.807) is 17.0 Å². The molecule has 3 rings (SSSR count). The molecule has 0 bridgehead atoms. The third-order valence-electron chi connectivity index (χ3n) is 4.96. The van der Waals surface area contributed by atoms with Crippen molar-refractivity contribution < 1.29 is 19.2 Å². The van der Waals surface area contributed by atoms with Gasteiger partial charge in [0.05, 0.1) is 25.7 Å². The Kier molecular flexibility index (Phi) is 5.46. The van der Waals surface area contributed by atoms with Crippen LogP contribution in [0.5, 0.6) is 5.75 Å². The van der Waals surface area contributed by atoms with E-state index in [1.165, 1.54) is 45.2 Å². The van der Waals surface area contributed by atoms with E-state index >= 15 is 0 Å². The van der Waals surface area contributed by atoms with Crippen molar-refractivity contribution in [3.05, 3.63) is 30.3 Å². The number of esters is 1. The molecule has 0 aliphatic carbocycles. The molecule has 2 aliphatic rings. The molecule has 1 N–H and O–H groups in total. The van der Waals surface area contributed by atoms with Crippen molar-refractivity contribution in [3.63, 3.8) is 0 Å². The molecule has 2 aliphatic heterocycles. The van der Waals surface area contributed by atoms with Crippen LogP contribution in [0.25, 0.3) is 0 Å². The first-order chi connectivity index (χ1) is 10.8. The van der Waals surface area contributed by atoms with Crippen LogP contribution in [-0.4, -0.2) is 38.3 Å². The molecular weight excluding hydrogens is 278 g/mol. The van der Waals surface area contributed by atoms with Crippen molar-refractivity contribution in [2.75, 3.05) is 26.3 Å².